The fourth-order valence-corrected chi connectivity index (χ4v) is 2.25. The number of amides is 1. The van der Waals surface area contributed by atoms with E-state index in [1.165, 1.54) is 11.1 Å². The molecule has 0 aromatic heterocycles. The average Bonchev–Trinajstić information content (AvgIpc) is 2.49. The summed E-state index contributed by atoms with van der Waals surface area (Å²) in [6, 6.07) is 13.6. The van der Waals surface area contributed by atoms with E-state index in [4.69, 9.17) is 11.6 Å². The zero-order chi connectivity index (χ0) is 16.1. The quantitative estimate of drug-likeness (QED) is 0.803. The monoisotopic (exact) mass is 313 g/mol. The van der Waals surface area contributed by atoms with Gasteiger partial charge in [-0.1, -0.05) is 41.9 Å². The van der Waals surface area contributed by atoms with Crippen LogP contribution in [0.1, 0.15) is 35.2 Å². The summed E-state index contributed by atoms with van der Waals surface area (Å²) in [5.41, 5.74) is 4.54. The second kappa shape index (κ2) is 7.28. The van der Waals surface area contributed by atoms with Crippen molar-refractivity contribution >= 4 is 23.6 Å². The largest absolute Gasteiger partial charge is 0.346 e. The van der Waals surface area contributed by atoms with Gasteiger partial charge in [-0.3, -0.25) is 4.79 Å². The van der Waals surface area contributed by atoms with Gasteiger partial charge in [0.2, 0.25) is 5.91 Å². The van der Waals surface area contributed by atoms with Crippen LogP contribution >= 0.6 is 11.6 Å². The zero-order valence-electron chi connectivity index (χ0n) is 13.1. The Bertz CT molecular complexity index is 689. The molecule has 1 atom stereocenters. The minimum Gasteiger partial charge on any atom is -0.346 e. The Hall–Kier alpha value is -2.06. The summed E-state index contributed by atoms with van der Waals surface area (Å²) in [7, 11) is 0. The summed E-state index contributed by atoms with van der Waals surface area (Å²) in [6.45, 7) is 6.14. The van der Waals surface area contributed by atoms with Crippen LogP contribution in [0.5, 0.6) is 0 Å². The van der Waals surface area contributed by atoms with E-state index in [-0.39, 0.29) is 11.9 Å². The molecule has 0 saturated heterocycles. The lowest BCUT2D eigenvalue weighted by Crippen LogP contribution is -2.24. The minimum absolute atomic E-state index is 0.0262. The highest BCUT2D eigenvalue weighted by Crippen LogP contribution is 2.17. The minimum atomic E-state index is -0.110. The normalized spacial score (nSPS) is 12.4. The van der Waals surface area contributed by atoms with Crippen LogP contribution in [0.3, 0.4) is 0 Å². The molecule has 0 fully saturated rings. The molecule has 2 rings (SSSR count). The van der Waals surface area contributed by atoms with Gasteiger partial charge in [0.25, 0.3) is 0 Å². The molecule has 0 aliphatic heterocycles. The third-order valence-corrected chi connectivity index (χ3v) is 3.94. The lowest BCUT2D eigenvalue weighted by atomic mass is 10.0. The highest BCUT2D eigenvalue weighted by atomic mass is 35.5. The Balaban J connectivity index is 1.98. The van der Waals surface area contributed by atoms with Crippen molar-refractivity contribution in [3.05, 3.63) is 75.8 Å². The van der Waals surface area contributed by atoms with Crippen molar-refractivity contribution in [2.24, 2.45) is 0 Å². The lowest BCUT2D eigenvalue weighted by molar-refractivity contribution is -0.117. The van der Waals surface area contributed by atoms with Crippen LogP contribution in [0.25, 0.3) is 6.08 Å². The number of hydrogen-bond acceptors (Lipinski definition) is 1. The number of rotatable bonds is 4. The van der Waals surface area contributed by atoms with E-state index in [0.717, 1.165) is 11.1 Å². The summed E-state index contributed by atoms with van der Waals surface area (Å²) in [4.78, 5) is 12.0. The number of benzene rings is 2. The molecule has 0 saturated carbocycles. The standard InChI is InChI=1S/C19H20ClNO/c1-13-4-8-17(12-14(13)2)15(3)21-19(22)11-7-16-5-9-18(20)10-6-16/h4-12,15H,1-3H3,(H,21,22)/b11-7+/t15-/m1/s1. The van der Waals surface area contributed by atoms with Crippen molar-refractivity contribution in [2.75, 3.05) is 0 Å². The Morgan fingerprint density at radius 3 is 2.41 bits per heavy atom. The first-order valence-corrected chi connectivity index (χ1v) is 7.65. The molecule has 114 valence electrons. The van der Waals surface area contributed by atoms with Gasteiger partial charge in [-0.15, -0.1) is 0 Å². The summed E-state index contributed by atoms with van der Waals surface area (Å²) in [5.74, 6) is -0.110. The summed E-state index contributed by atoms with van der Waals surface area (Å²) in [6.07, 6.45) is 3.32. The van der Waals surface area contributed by atoms with Gasteiger partial charge in [-0.25, -0.2) is 0 Å². The van der Waals surface area contributed by atoms with Crippen molar-refractivity contribution < 1.29 is 4.79 Å². The third kappa shape index (κ3) is 4.47. The Kier molecular flexibility index (Phi) is 5.40. The van der Waals surface area contributed by atoms with E-state index in [1.54, 1.807) is 24.3 Å². The molecule has 1 N–H and O–H groups in total. The Morgan fingerprint density at radius 1 is 1.09 bits per heavy atom. The highest BCUT2D eigenvalue weighted by molar-refractivity contribution is 6.30. The van der Waals surface area contributed by atoms with Crippen LogP contribution in [-0.2, 0) is 4.79 Å². The second-order valence-corrected chi connectivity index (χ2v) is 5.90. The van der Waals surface area contributed by atoms with E-state index < -0.39 is 0 Å². The average molecular weight is 314 g/mol. The molecule has 2 nitrogen and oxygen atoms in total. The lowest BCUT2D eigenvalue weighted by Gasteiger charge is -2.14. The van der Waals surface area contributed by atoms with Gasteiger partial charge < -0.3 is 5.32 Å². The first kappa shape index (κ1) is 16.3. The van der Waals surface area contributed by atoms with Crippen LogP contribution in [0.15, 0.2) is 48.5 Å². The topological polar surface area (TPSA) is 29.1 Å². The number of aryl methyl sites for hydroxylation is 2. The number of nitrogens with one attached hydrogen (secondary N) is 1. The molecule has 0 radical (unpaired) electrons. The molecule has 0 bridgehead atoms. The van der Waals surface area contributed by atoms with Gasteiger partial charge in [0.15, 0.2) is 0 Å². The first-order chi connectivity index (χ1) is 10.5. The van der Waals surface area contributed by atoms with Crippen LogP contribution in [-0.4, -0.2) is 5.91 Å². The molecule has 2 aromatic carbocycles. The molecule has 0 aliphatic carbocycles. The maximum absolute atomic E-state index is 12.0. The van der Waals surface area contributed by atoms with Crippen molar-refractivity contribution in [3.8, 4) is 0 Å². The van der Waals surface area contributed by atoms with Crippen molar-refractivity contribution in [2.45, 2.75) is 26.8 Å². The maximum atomic E-state index is 12.0. The molecule has 3 heteroatoms. The Labute approximate surface area is 136 Å². The van der Waals surface area contributed by atoms with Crippen molar-refractivity contribution in [1.82, 2.24) is 5.32 Å². The first-order valence-electron chi connectivity index (χ1n) is 7.27. The second-order valence-electron chi connectivity index (χ2n) is 5.46. The molecule has 0 unspecified atom stereocenters. The predicted molar refractivity (Wildman–Crippen MR) is 93.0 cm³/mol. The highest BCUT2D eigenvalue weighted by Gasteiger charge is 2.08. The molecule has 22 heavy (non-hydrogen) atoms. The maximum Gasteiger partial charge on any atom is 0.244 e. The van der Waals surface area contributed by atoms with Crippen molar-refractivity contribution in [1.29, 1.82) is 0 Å². The smallest absolute Gasteiger partial charge is 0.244 e. The number of hydrogen-bond donors (Lipinski definition) is 1. The SMILES string of the molecule is Cc1ccc([C@@H](C)NC(=O)/C=C/c2ccc(Cl)cc2)cc1C. The van der Waals surface area contributed by atoms with E-state index in [1.807, 2.05) is 19.1 Å². The predicted octanol–water partition coefficient (Wildman–Crippen LogP) is 4.85. The molecule has 2 aromatic rings. The summed E-state index contributed by atoms with van der Waals surface area (Å²) < 4.78 is 0. The molecular formula is C19H20ClNO. The molecular weight excluding hydrogens is 294 g/mol. The van der Waals surface area contributed by atoms with Gasteiger partial charge >= 0.3 is 0 Å². The third-order valence-electron chi connectivity index (χ3n) is 3.69. The van der Waals surface area contributed by atoms with Crippen LogP contribution in [0.2, 0.25) is 5.02 Å². The van der Waals surface area contributed by atoms with Crippen molar-refractivity contribution in [3.63, 3.8) is 0 Å². The van der Waals surface area contributed by atoms with Gasteiger partial charge in [0.05, 0.1) is 6.04 Å². The fraction of sp³-hybridized carbons (Fsp3) is 0.211. The van der Waals surface area contributed by atoms with E-state index >= 15 is 0 Å². The number of carbonyl (C=O) groups excluding carboxylic acids is 1. The number of carbonyl (C=O) groups is 1. The fourth-order valence-electron chi connectivity index (χ4n) is 2.12. The van der Waals surface area contributed by atoms with Crippen LogP contribution in [0.4, 0.5) is 0 Å². The zero-order valence-corrected chi connectivity index (χ0v) is 13.8. The summed E-state index contributed by atoms with van der Waals surface area (Å²) in [5, 5.41) is 3.66. The Morgan fingerprint density at radius 2 is 1.77 bits per heavy atom. The van der Waals surface area contributed by atoms with Gasteiger partial charge in [-0.05, 0) is 61.2 Å². The van der Waals surface area contributed by atoms with Crippen LogP contribution < -0.4 is 5.32 Å². The van der Waals surface area contributed by atoms with Gasteiger partial charge in [0, 0.05) is 11.1 Å². The molecule has 0 aliphatic rings. The molecule has 0 spiro atoms. The van der Waals surface area contributed by atoms with Gasteiger partial charge in [0.1, 0.15) is 0 Å². The van der Waals surface area contributed by atoms with E-state index in [0.29, 0.717) is 5.02 Å². The van der Waals surface area contributed by atoms with E-state index in [2.05, 4.69) is 37.4 Å². The van der Waals surface area contributed by atoms with Crippen LogP contribution in [0, 0.1) is 13.8 Å². The summed E-state index contributed by atoms with van der Waals surface area (Å²) >= 11 is 5.83. The van der Waals surface area contributed by atoms with Gasteiger partial charge in [-0.2, -0.15) is 0 Å². The molecule has 0 heterocycles. The number of halogens is 1. The molecule has 1 amide bonds. The van der Waals surface area contributed by atoms with E-state index in [9.17, 15) is 4.79 Å².